The van der Waals surface area contributed by atoms with Crippen LogP contribution in [0.2, 0.25) is 0 Å². The van der Waals surface area contributed by atoms with Gasteiger partial charge in [0, 0.05) is 17.8 Å². The van der Waals surface area contributed by atoms with Crippen LogP contribution in [-0.2, 0) is 0 Å². The molecule has 2 aliphatic heterocycles. The van der Waals surface area contributed by atoms with E-state index in [2.05, 4.69) is 26.6 Å². The Labute approximate surface area is 81.8 Å². The van der Waals surface area contributed by atoms with Crippen LogP contribution in [0, 0.1) is 5.92 Å². The van der Waals surface area contributed by atoms with E-state index in [4.69, 9.17) is 0 Å². The lowest BCUT2D eigenvalue weighted by molar-refractivity contribution is 0.272. The molecule has 0 spiro atoms. The molecule has 1 aliphatic carbocycles. The fraction of sp³-hybridized carbons (Fsp3) is 1.00. The van der Waals surface area contributed by atoms with Crippen LogP contribution in [0.25, 0.3) is 0 Å². The van der Waals surface area contributed by atoms with E-state index in [1.807, 2.05) is 11.9 Å². The summed E-state index contributed by atoms with van der Waals surface area (Å²) in [4.78, 5) is 3.17. The highest BCUT2D eigenvalue weighted by Gasteiger charge is 2.43. The Balaban J connectivity index is 1.77. The molecule has 4 unspecified atom stereocenters. The Morgan fingerprint density at radius 1 is 1.15 bits per heavy atom. The van der Waals surface area contributed by atoms with E-state index < -0.39 is 0 Å². The van der Waals surface area contributed by atoms with Gasteiger partial charge in [-0.15, -0.1) is 0 Å². The normalized spacial score (nSPS) is 49.8. The molecule has 3 fully saturated rings. The molecule has 0 radical (unpaired) electrons. The standard InChI is InChI=1S/C7H15N5S/c1-2-5-6(10-11-9-5)7-4(1)3-8-12-13-7/h4-12H,1-3H2. The van der Waals surface area contributed by atoms with Crippen molar-refractivity contribution in [1.29, 1.82) is 0 Å². The van der Waals surface area contributed by atoms with Crippen molar-refractivity contribution < 1.29 is 0 Å². The highest BCUT2D eigenvalue weighted by Crippen LogP contribution is 2.34. The van der Waals surface area contributed by atoms with E-state index in [9.17, 15) is 0 Å². The van der Waals surface area contributed by atoms with Gasteiger partial charge >= 0.3 is 0 Å². The van der Waals surface area contributed by atoms with E-state index in [0.717, 1.165) is 12.5 Å². The second kappa shape index (κ2) is 3.38. The van der Waals surface area contributed by atoms with Crippen molar-refractivity contribution in [3.63, 3.8) is 0 Å². The molecule has 5 N–H and O–H groups in total. The molecule has 3 aliphatic rings. The number of hydrazine groups is 3. The van der Waals surface area contributed by atoms with Crippen LogP contribution in [0.1, 0.15) is 12.8 Å². The lowest BCUT2D eigenvalue weighted by Gasteiger charge is -2.41. The Kier molecular flexibility index (Phi) is 2.20. The summed E-state index contributed by atoms with van der Waals surface area (Å²) < 4.78 is 0. The van der Waals surface area contributed by atoms with E-state index in [0.29, 0.717) is 17.3 Å². The van der Waals surface area contributed by atoms with Crippen molar-refractivity contribution >= 4 is 11.9 Å². The molecule has 0 aromatic heterocycles. The van der Waals surface area contributed by atoms with Gasteiger partial charge in [-0.3, -0.25) is 0 Å². The molecule has 4 atom stereocenters. The minimum Gasteiger partial charge on any atom is -0.248 e. The highest BCUT2D eigenvalue weighted by atomic mass is 32.2. The molecular weight excluding hydrogens is 186 g/mol. The van der Waals surface area contributed by atoms with E-state index >= 15 is 0 Å². The minimum absolute atomic E-state index is 0.568. The molecule has 2 heterocycles. The van der Waals surface area contributed by atoms with Crippen LogP contribution in [0.15, 0.2) is 0 Å². The third-order valence-corrected chi connectivity index (χ3v) is 4.44. The van der Waals surface area contributed by atoms with Crippen LogP contribution < -0.4 is 26.6 Å². The molecule has 6 heteroatoms. The molecule has 1 saturated carbocycles. The Morgan fingerprint density at radius 3 is 3.15 bits per heavy atom. The van der Waals surface area contributed by atoms with Crippen molar-refractivity contribution in [1.82, 2.24) is 26.6 Å². The second-order valence-corrected chi connectivity index (χ2v) is 4.93. The molecule has 0 aromatic rings. The van der Waals surface area contributed by atoms with Gasteiger partial charge in [-0.05, 0) is 18.8 Å². The molecule has 0 aromatic carbocycles. The van der Waals surface area contributed by atoms with Crippen molar-refractivity contribution in [3.05, 3.63) is 0 Å². The number of hydrogen-bond donors (Lipinski definition) is 5. The zero-order valence-electron chi connectivity index (χ0n) is 7.34. The maximum atomic E-state index is 3.31. The summed E-state index contributed by atoms with van der Waals surface area (Å²) >= 11 is 1.82. The summed E-state index contributed by atoms with van der Waals surface area (Å²) in [5.74, 6) is 0.807. The molecule has 5 nitrogen and oxygen atoms in total. The number of rotatable bonds is 0. The van der Waals surface area contributed by atoms with Gasteiger partial charge < -0.3 is 0 Å². The lowest BCUT2D eigenvalue weighted by Crippen LogP contribution is -2.56. The monoisotopic (exact) mass is 201 g/mol. The summed E-state index contributed by atoms with van der Waals surface area (Å²) in [5.41, 5.74) is 12.8. The third kappa shape index (κ3) is 1.38. The topological polar surface area (TPSA) is 60.1 Å². The third-order valence-electron chi connectivity index (χ3n) is 3.23. The predicted octanol–water partition coefficient (Wildman–Crippen LogP) is -1.13. The maximum Gasteiger partial charge on any atom is 0.0528 e. The molecular formula is C7H15N5S. The van der Waals surface area contributed by atoms with Crippen LogP contribution >= 0.6 is 11.9 Å². The lowest BCUT2D eigenvalue weighted by atomic mass is 9.82. The molecule has 74 valence electrons. The number of nitrogens with one attached hydrogen (secondary N) is 5. The minimum atomic E-state index is 0.568. The van der Waals surface area contributed by atoms with Crippen LogP contribution in [0.3, 0.4) is 0 Å². The average Bonchev–Trinajstić information content (AvgIpc) is 2.65. The summed E-state index contributed by atoms with van der Waals surface area (Å²) in [6.07, 6.45) is 2.60. The van der Waals surface area contributed by atoms with Gasteiger partial charge in [-0.1, -0.05) is 11.9 Å². The molecule has 13 heavy (non-hydrogen) atoms. The van der Waals surface area contributed by atoms with Crippen molar-refractivity contribution in [2.24, 2.45) is 5.92 Å². The Bertz CT molecular complexity index is 201. The Hall–Kier alpha value is 0.150. The summed E-state index contributed by atoms with van der Waals surface area (Å²) in [7, 11) is 0. The SMILES string of the molecule is C1CC2NNNC2C2SNNCC12. The fourth-order valence-electron chi connectivity index (χ4n) is 2.49. The van der Waals surface area contributed by atoms with Crippen molar-refractivity contribution in [2.45, 2.75) is 30.2 Å². The van der Waals surface area contributed by atoms with Crippen LogP contribution in [-0.4, -0.2) is 23.9 Å². The Morgan fingerprint density at radius 2 is 2.15 bits per heavy atom. The molecule has 2 saturated heterocycles. The van der Waals surface area contributed by atoms with Crippen molar-refractivity contribution in [3.8, 4) is 0 Å². The van der Waals surface area contributed by atoms with E-state index in [1.54, 1.807) is 0 Å². The van der Waals surface area contributed by atoms with Gasteiger partial charge in [-0.25, -0.2) is 21.1 Å². The van der Waals surface area contributed by atoms with Gasteiger partial charge in [-0.2, -0.15) is 5.53 Å². The number of fused-ring (bicyclic) bond motifs is 3. The van der Waals surface area contributed by atoms with Gasteiger partial charge in [0.25, 0.3) is 0 Å². The summed E-state index contributed by atoms with van der Waals surface area (Å²) in [6.45, 7) is 1.10. The quantitative estimate of drug-likeness (QED) is 0.320. The average molecular weight is 201 g/mol. The first-order chi connectivity index (χ1) is 6.45. The molecule has 0 amide bonds. The highest BCUT2D eigenvalue weighted by molar-refractivity contribution is 7.98. The summed E-state index contributed by atoms with van der Waals surface area (Å²) in [5, 5.41) is 0.683. The maximum absolute atomic E-state index is 3.31. The smallest absolute Gasteiger partial charge is 0.0528 e. The summed E-state index contributed by atoms with van der Waals surface area (Å²) in [6, 6.07) is 1.17. The predicted molar refractivity (Wildman–Crippen MR) is 52.2 cm³/mol. The first-order valence-corrected chi connectivity index (χ1v) is 5.73. The fourth-order valence-corrected chi connectivity index (χ4v) is 3.62. The second-order valence-electron chi connectivity index (χ2n) is 3.95. The molecule has 3 rings (SSSR count). The van der Waals surface area contributed by atoms with Gasteiger partial charge in [0.05, 0.1) is 6.04 Å². The van der Waals surface area contributed by atoms with E-state index in [-0.39, 0.29) is 0 Å². The van der Waals surface area contributed by atoms with Crippen LogP contribution in [0.4, 0.5) is 0 Å². The van der Waals surface area contributed by atoms with Gasteiger partial charge in [0.2, 0.25) is 0 Å². The van der Waals surface area contributed by atoms with Gasteiger partial charge in [0.15, 0.2) is 0 Å². The first-order valence-electron chi connectivity index (χ1n) is 4.85. The number of hydrogen-bond acceptors (Lipinski definition) is 6. The van der Waals surface area contributed by atoms with Crippen molar-refractivity contribution in [2.75, 3.05) is 6.54 Å². The molecule has 0 bridgehead atoms. The zero-order chi connectivity index (χ0) is 8.67. The van der Waals surface area contributed by atoms with E-state index in [1.165, 1.54) is 12.8 Å². The van der Waals surface area contributed by atoms with Crippen LogP contribution in [0.5, 0.6) is 0 Å². The first kappa shape index (κ1) is 8.46. The largest absolute Gasteiger partial charge is 0.248 e. The van der Waals surface area contributed by atoms with Gasteiger partial charge in [0.1, 0.15) is 0 Å². The zero-order valence-corrected chi connectivity index (χ0v) is 8.16.